The van der Waals surface area contributed by atoms with Gasteiger partial charge in [-0.25, -0.2) is 4.79 Å². The van der Waals surface area contributed by atoms with Crippen LogP contribution in [0, 0.1) is 0 Å². The van der Waals surface area contributed by atoms with Gasteiger partial charge in [-0.1, -0.05) is 18.2 Å². The van der Waals surface area contributed by atoms with Crippen LogP contribution in [0.3, 0.4) is 0 Å². The summed E-state index contributed by atoms with van der Waals surface area (Å²) in [5.74, 6) is -1.01. The fourth-order valence-electron chi connectivity index (χ4n) is 3.17. The molecule has 1 unspecified atom stereocenters. The highest BCUT2D eigenvalue weighted by Gasteiger charge is 2.49. The SMILES string of the molecule is CN(NC(=O)[C@@H]1CCC2CN1C(=O)N2OS(=O)(=O)O)C(=O)c1ccccc1. The van der Waals surface area contributed by atoms with Crippen LogP contribution in [-0.4, -0.2) is 71.5 Å². The summed E-state index contributed by atoms with van der Waals surface area (Å²) in [5, 5.41) is 1.58. The molecule has 2 heterocycles. The largest absolute Gasteiger partial charge is 0.418 e. The van der Waals surface area contributed by atoms with Crippen molar-refractivity contribution in [2.75, 3.05) is 13.6 Å². The van der Waals surface area contributed by atoms with Crippen molar-refractivity contribution < 1.29 is 31.6 Å². The summed E-state index contributed by atoms with van der Waals surface area (Å²) in [6.07, 6.45) is 0.549. The first-order valence-corrected chi connectivity index (χ1v) is 9.44. The Morgan fingerprint density at radius 1 is 1.26 bits per heavy atom. The van der Waals surface area contributed by atoms with Crippen molar-refractivity contribution in [1.82, 2.24) is 20.4 Å². The van der Waals surface area contributed by atoms with E-state index in [0.29, 0.717) is 17.0 Å². The second-order valence-electron chi connectivity index (χ2n) is 6.22. The van der Waals surface area contributed by atoms with E-state index in [1.165, 1.54) is 7.05 Å². The summed E-state index contributed by atoms with van der Waals surface area (Å²) in [5.41, 5.74) is 2.82. The maximum atomic E-state index is 12.5. The first kappa shape index (κ1) is 19.1. The highest BCUT2D eigenvalue weighted by Crippen LogP contribution is 2.30. The van der Waals surface area contributed by atoms with Crippen LogP contribution in [0.4, 0.5) is 4.79 Å². The zero-order valence-electron chi connectivity index (χ0n) is 14.3. The monoisotopic (exact) mass is 398 g/mol. The molecule has 2 aliphatic rings. The number of fused-ring (bicyclic) bond motifs is 2. The number of benzene rings is 1. The van der Waals surface area contributed by atoms with Gasteiger partial charge in [-0.05, 0) is 25.0 Å². The Morgan fingerprint density at radius 3 is 2.56 bits per heavy atom. The molecule has 2 aliphatic heterocycles. The van der Waals surface area contributed by atoms with Crippen LogP contribution in [0.25, 0.3) is 0 Å². The molecule has 27 heavy (non-hydrogen) atoms. The molecule has 2 bridgehead atoms. The predicted octanol–water partition coefficient (Wildman–Crippen LogP) is -0.207. The second kappa shape index (κ2) is 7.13. The average molecular weight is 398 g/mol. The van der Waals surface area contributed by atoms with Gasteiger partial charge >= 0.3 is 16.4 Å². The van der Waals surface area contributed by atoms with Crippen LogP contribution < -0.4 is 5.43 Å². The molecule has 3 rings (SSSR count). The van der Waals surface area contributed by atoms with Gasteiger partial charge in [-0.15, -0.1) is 4.28 Å². The molecule has 12 heteroatoms. The Kier molecular flexibility index (Phi) is 5.04. The van der Waals surface area contributed by atoms with Crippen LogP contribution >= 0.6 is 0 Å². The van der Waals surface area contributed by atoms with Crippen molar-refractivity contribution >= 4 is 28.2 Å². The fourth-order valence-corrected chi connectivity index (χ4v) is 3.56. The quantitative estimate of drug-likeness (QED) is 0.529. The molecule has 2 N–H and O–H groups in total. The summed E-state index contributed by atoms with van der Waals surface area (Å²) >= 11 is 0. The number of hydroxylamine groups is 2. The Hall–Kier alpha value is -2.70. The number of hydrogen-bond donors (Lipinski definition) is 2. The smallest absolute Gasteiger partial charge is 0.309 e. The van der Waals surface area contributed by atoms with Crippen molar-refractivity contribution in [3.05, 3.63) is 35.9 Å². The molecule has 2 atom stereocenters. The first-order chi connectivity index (χ1) is 12.7. The lowest BCUT2D eigenvalue weighted by molar-refractivity contribution is -0.129. The number of nitrogens with zero attached hydrogens (tertiary/aromatic N) is 3. The Balaban J connectivity index is 1.66. The topological polar surface area (TPSA) is 137 Å². The zero-order valence-corrected chi connectivity index (χ0v) is 15.1. The molecule has 0 spiro atoms. The van der Waals surface area contributed by atoms with Gasteiger partial charge in [0.25, 0.3) is 11.8 Å². The number of urea groups is 1. The fraction of sp³-hybridized carbons (Fsp3) is 0.400. The van der Waals surface area contributed by atoms with Gasteiger partial charge in [0.15, 0.2) is 0 Å². The summed E-state index contributed by atoms with van der Waals surface area (Å²) in [6, 6.07) is 6.02. The number of hydrogen-bond acceptors (Lipinski definition) is 6. The van der Waals surface area contributed by atoms with Crippen LogP contribution in [0.2, 0.25) is 0 Å². The molecule has 0 aliphatic carbocycles. The lowest BCUT2D eigenvalue weighted by atomic mass is 10.0. The maximum absolute atomic E-state index is 12.5. The molecule has 0 aromatic heterocycles. The van der Waals surface area contributed by atoms with Crippen LogP contribution in [-0.2, 0) is 19.5 Å². The molecule has 146 valence electrons. The molecule has 4 amide bonds. The van der Waals surface area contributed by atoms with Crippen molar-refractivity contribution in [3.63, 3.8) is 0 Å². The number of rotatable bonds is 4. The molecule has 0 radical (unpaired) electrons. The van der Waals surface area contributed by atoms with E-state index >= 15 is 0 Å². The molecule has 11 nitrogen and oxygen atoms in total. The number of piperidine rings is 1. The number of carbonyl (C=O) groups is 3. The normalized spacial score (nSPS) is 21.9. The molecular formula is C15H18N4O7S. The summed E-state index contributed by atoms with van der Waals surface area (Å²) < 4.78 is 34.9. The van der Waals surface area contributed by atoms with E-state index in [2.05, 4.69) is 9.71 Å². The standard InChI is InChI=1S/C15H18N4O7S/c1-17(14(21)10-5-3-2-4-6-10)16-13(20)12-8-7-11-9-18(12)15(22)19(11)26-27(23,24)25/h2-6,11-12H,7-9H2,1H3,(H,16,20)(H,23,24,25)/t11?,12-/m0/s1. The van der Waals surface area contributed by atoms with Gasteiger partial charge < -0.3 is 4.90 Å². The molecule has 1 aromatic carbocycles. The minimum atomic E-state index is -4.85. The van der Waals surface area contributed by atoms with Crippen molar-refractivity contribution in [2.24, 2.45) is 0 Å². The Morgan fingerprint density at radius 2 is 1.93 bits per heavy atom. The van der Waals surface area contributed by atoms with Crippen LogP contribution in [0.5, 0.6) is 0 Å². The van der Waals surface area contributed by atoms with E-state index in [1.54, 1.807) is 30.3 Å². The van der Waals surface area contributed by atoms with E-state index in [0.717, 1.165) is 9.91 Å². The van der Waals surface area contributed by atoms with Crippen molar-refractivity contribution in [1.29, 1.82) is 0 Å². The molecule has 0 saturated carbocycles. The number of carbonyl (C=O) groups excluding carboxylic acids is 3. The number of nitrogens with one attached hydrogen (secondary N) is 1. The van der Waals surface area contributed by atoms with Gasteiger partial charge in [0.2, 0.25) is 0 Å². The highest BCUT2D eigenvalue weighted by atomic mass is 32.3. The minimum Gasteiger partial charge on any atom is -0.309 e. The van der Waals surface area contributed by atoms with E-state index < -0.39 is 40.3 Å². The van der Waals surface area contributed by atoms with Gasteiger partial charge in [-0.2, -0.15) is 13.5 Å². The molecule has 1 aromatic rings. The van der Waals surface area contributed by atoms with Gasteiger partial charge in [0.1, 0.15) is 6.04 Å². The third-order valence-electron chi connectivity index (χ3n) is 4.40. The van der Waals surface area contributed by atoms with Crippen LogP contribution in [0.15, 0.2) is 30.3 Å². The van der Waals surface area contributed by atoms with E-state index in [9.17, 15) is 22.8 Å². The molecule has 2 fully saturated rings. The lowest BCUT2D eigenvalue weighted by Crippen LogP contribution is -2.54. The number of amides is 4. The molecular weight excluding hydrogens is 380 g/mol. The first-order valence-electron chi connectivity index (χ1n) is 8.08. The molecule has 2 saturated heterocycles. The van der Waals surface area contributed by atoms with Crippen molar-refractivity contribution in [2.45, 2.75) is 24.9 Å². The van der Waals surface area contributed by atoms with E-state index in [1.807, 2.05) is 0 Å². The van der Waals surface area contributed by atoms with E-state index in [-0.39, 0.29) is 13.0 Å². The van der Waals surface area contributed by atoms with Crippen molar-refractivity contribution in [3.8, 4) is 0 Å². The minimum absolute atomic E-state index is 0.0722. The predicted molar refractivity (Wildman–Crippen MR) is 90.1 cm³/mol. The second-order valence-corrected chi connectivity index (χ2v) is 7.22. The Bertz CT molecular complexity index is 860. The third-order valence-corrected chi connectivity index (χ3v) is 4.75. The summed E-state index contributed by atoms with van der Waals surface area (Å²) in [6.45, 7) is 0.0722. The van der Waals surface area contributed by atoms with Gasteiger partial charge in [0, 0.05) is 19.2 Å². The van der Waals surface area contributed by atoms with E-state index in [4.69, 9.17) is 4.55 Å². The van der Waals surface area contributed by atoms with Crippen LogP contribution in [0.1, 0.15) is 23.2 Å². The van der Waals surface area contributed by atoms with Gasteiger partial charge in [0.05, 0.1) is 6.04 Å². The third kappa shape index (κ3) is 4.02. The average Bonchev–Trinajstić information content (AvgIpc) is 2.85. The maximum Gasteiger partial charge on any atom is 0.418 e. The zero-order chi connectivity index (χ0) is 19.8. The van der Waals surface area contributed by atoms with Gasteiger partial charge in [-0.3, -0.25) is 24.6 Å². The summed E-state index contributed by atoms with van der Waals surface area (Å²) in [4.78, 5) is 38.3. The summed E-state index contributed by atoms with van der Waals surface area (Å²) in [7, 11) is -3.47. The number of hydrazine groups is 1. The lowest BCUT2D eigenvalue weighted by Gasteiger charge is -2.30. The highest BCUT2D eigenvalue weighted by molar-refractivity contribution is 7.80. The Labute approximate surface area is 155 Å².